The number of hydrogen-bond donors (Lipinski definition) is 2. The Morgan fingerprint density at radius 2 is 1.88 bits per heavy atom. The topological polar surface area (TPSA) is 89.3 Å². The third-order valence-corrected chi connectivity index (χ3v) is 3.61. The van der Waals surface area contributed by atoms with Crippen LogP contribution >= 0.6 is 0 Å². The van der Waals surface area contributed by atoms with E-state index in [2.05, 4.69) is 0 Å². The van der Waals surface area contributed by atoms with E-state index in [0.717, 1.165) is 5.56 Å². The van der Waals surface area contributed by atoms with E-state index in [0.29, 0.717) is 18.5 Å². The molecular weight excluding hydrogens is 240 g/mol. The molecule has 0 aliphatic heterocycles. The molecule has 0 saturated carbocycles. The third-order valence-electron chi connectivity index (χ3n) is 2.17. The van der Waals surface area contributed by atoms with Crippen LogP contribution < -0.4 is 10.5 Å². The molecule has 3 N–H and O–H groups in total. The minimum absolute atomic E-state index is 0.0559. The van der Waals surface area contributed by atoms with Crippen molar-refractivity contribution in [3.8, 4) is 0 Å². The van der Waals surface area contributed by atoms with E-state index in [4.69, 9.17) is 5.73 Å². The van der Waals surface area contributed by atoms with Crippen molar-refractivity contribution in [2.45, 2.75) is 19.9 Å². The van der Waals surface area contributed by atoms with Crippen molar-refractivity contribution in [3.63, 3.8) is 0 Å². The summed E-state index contributed by atoms with van der Waals surface area (Å²) in [5, 5.41) is 0. The molecule has 6 heteroatoms. The van der Waals surface area contributed by atoms with E-state index in [1.54, 1.807) is 31.2 Å². The molecular formula is C11H16N2O3S. The van der Waals surface area contributed by atoms with E-state index in [9.17, 15) is 13.2 Å². The molecule has 0 atom stereocenters. The van der Waals surface area contributed by atoms with Gasteiger partial charge in [-0.3, -0.25) is 4.79 Å². The molecule has 1 rings (SSSR count). The maximum atomic E-state index is 11.6. The quantitative estimate of drug-likeness (QED) is 0.808. The maximum Gasteiger partial charge on any atom is 0.264 e. The van der Waals surface area contributed by atoms with E-state index in [1.807, 2.05) is 4.72 Å². The minimum Gasteiger partial charge on any atom is -0.326 e. The van der Waals surface area contributed by atoms with Crippen LogP contribution in [0.2, 0.25) is 0 Å². The summed E-state index contributed by atoms with van der Waals surface area (Å²) in [4.78, 5) is 11.6. The normalized spacial score (nSPS) is 11.2. The van der Waals surface area contributed by atoms with Gasteiger partial charge in [-0.2, -0.15) is 0 Å². The summed E-state index contributed by atoms with van der Waals surface area (Å²) < 4.78 is 24.8. The highest BCUT2D eigenvalue weighted by Gasteiger charge is 2.14. The molecule has 1 aromatic rings. The van der Waals surface area contributed by atoms with Crippen LogP contribution in [0.25, 0.3) is 0 Å². The molecule has 0 fully saturated rings. The number of sulfonamides is 1. The molecule has 0 heterocycles. The number of nitrogens with two attached hydrogens (primary N) is 1. The van der Waals surface area contributed by atoms with Gasteiger partial charge in [0.15, 0.2) is 0 Å². The molecule has 94 valence electrons. The van der Waals surface area contributed by atoms with E-state index < -0.39 is 15.9 Å². The number of amides is 1. The summed E-state index contributed by atoms with van der Waals surface area (Å²) in [6.07, 6.45) is 0.467. The van der Waals surface area contributed by atoms with Gasteiger partial charge in [0.1, 0.15) is 0 Å². The molecule has 0 aliphatic carbocycles. The van der Waals surface area contributed by atoms with Crippen molar-refractivity contribution in [2.24, 2.45) is 5.73 Å². The van der Waals surface area contributed by atoms with Crippen molar-refractivity contribution in [2.75, 3.05) is 5.75 Å². The minimum atomic E-state index is -3.52. The van der Waals surface area contributed by atoms with Crippen LogP contribution in [-0.2, 0) is 16.6 Å². The van der Waals surface area contributed by atoms with Gasteiger partial charge in [0.2, 0.25) is 10.0 Å². The number of hydrogen-bond acceptors (Lipinski definition) is 4. The third kappa shape index (κ3) is 4.16. The Kier molecular flexibility index (Phi) is 4.65. The number of benzene rings is 1. The molecule has 17 heavy (non-hydrogen) atoms. The lowest BCUT2D eigenvalue weighted by Crippen LogP contribution is -2.32. The molecule has 0 unspecified atom stereocenters. The summed E-state index contributed by atoms with van der Waals surface area (Å²) in [5.74, 6) is -0.665. The maximum absolute atomic E-state index is 11.6. The van der Waals surface area contributed by atoms with Gasteiger partial charge in [-0.1, -0.05) is 19.1 Å². The van der Waals surface area contributed by atoms with Crippen molar-refractivity contribution in [3.05, 3.63) is 35.4 Å². The van der Waals surface area contributed by atoms with Gasteiger partial charge in [-0.15, -0.1) is 0 Å². The van der Waals surface area contributed by atoms with Crippen LogP contribution in [0.5, 0.6) is 0 Å². The van der Waals surface area contributed by atoms with Crippen LogP contribution in [0.15, 0.2) is 24.3 Å². The zero-order valence-corrected chi connectivity index (χ0v) is 10.5. The molecule has 1 aromatic carbocycles. The average Bonchev–Trinajstić information content (AvgIpc) is 2.28. The largest absolute Gasteiger partial charge is 0.326 e. The first-order valence-electron chi connectivity index (χ1n) is 5.32. The summed E-state index contributed by atoms with van der Waals surface area (Å²) in [5.41, 5.74) is 6.62. The van der Waals surface area contributed by atoms with Crippen molar-refractivity contribution in [1.82, 2.24) is 4.72 Å². The Hall–Kier alpha value is -1.40. The highest BCUT2D eigenvalue weighted by atomic mass is 32.2. The number of rotatable bonds is 5. The second-order valence-electron chi connectivity index (χ2n) is 3.65. The first-order valence-corrected chi connectivity index (χ1v) is 6.97. The average molecular weight is 256 g/mol. The number of nitrogens with one attached hydrogen (secondary N) is 1. The molecule has 1 amide bonds. The SMILES string of the molecule is CCCS(=O)(=O)NC(=O)c1ccc(CN)cc1. The van der Waals surface area contributed by atoms with E-state index >= 15 is 0 Å². The summed E-state index contributed by atoms with van der Waals surface area (Å²) in [6.45, 7) is 2.12. The molecule has 0 spiro atoms. The molecule has 5 nitrogen and oxygen atoms in total. The van der Waals surface area contributed by atoms with Crippen molar-refractivity contribution in [1.29, 1.82) is 0 Å². The first-order chi connectivity index (χ1) is 7.98. The Bertz CT molecular complexity index is 480. The monoisotopic (exact) mass is 256 g/mol. The second-order valence-corrected chi connectivity index (χ2v) is 5.49. The van der Waals surface area contributed by atoms with Crippen LogP contribution in [0.4, 0.5) is 0 Å². The Balaban J connectivity index is 2.76. The van der Waals surface area contributed by atoms with Crippen LogP contribution in [0.1, 0.15) is 29.3 Å². The fourth-order valence-corrected chi connectivity index (χ4v) is 2.35. The lowest BCUT2D eigenvalue weighted by molar-refractivity contribution is 0.0981. The summed E-state index contributed by atoms with van der Waals surface area (Å²) in [6, 6.07) is 6.50. The molecule has 0 bridgehead atoms. The van der Waals surface area contributed by atoms with Crippen LogP contribution in [-0.4, -0.2) is 20.1 Å². The molecule has 0 radical (unpaired) electrons. The highest BCUT2D eigenvalue weighted by molar-refractivity contribution is 7.90. The molecule has 0 saturated heterocycles. The first kappa shape index (κ1) is 13.7. The standard InChI is InChI=1S/C11H16N2O3S/c1-2-7-17(15,16)13-11(14)10-5-3-9(8-12)4-6-10/h3-6H,2,7-8,12H2,1H3,(H,13,14). The van der Waals surface area contributed by atoms with Gasteiger partial charge in [0.25, 0.3) is 5.91 Å². The zero-order valence-electron chi connectivity index (χ0n) is 9.64. The summed E-state index contributed by atoms with van der Waals surface area (Å²) in [7, 11) is -3.52. The predicted octanol–water partition coefficient (Wildman–Crippen LogP) is 0.615. The van der Waals surface area contributed by atoms with Crippen LogP contribution in [0.3, 0.4) is 0 Å². The van der Waals surface area contributed by atoms with Crippen molar-refractivity contribution < 1.29 is 13.2 Å². The fourth-order valence-electron chi connectivity index (χ4n) is 1.31. The summed E-state index contributed by atoms with van der Waals surface area (Å²) >= 11 is 0. The van der Waals surface area contributed by atoms with E-state index in [-0.39, 0.29) is 5.75 Å². The Morgan fingerprint density at radius 1 is 1.29 bits per heavy atom. The van der Waals surface area contributed by atoms with Gasteiger partial charge >= 0.3 is 0 Å². The van der Waals surface area contributed by atoms with Gasteiger partial charge in [-0.05, 0) is 24.1 Å². The van der Waals surface area contributed by atoms with Gasteiger partial charge in [0, 0.05) is 12.1 Å². The second kappa shape index (κ2) is 5.79. The smallest absolute Gasteiger partial charge is 0.264 e. The fraction of sp³-hybridized carbons (Fsp3) is 0.364. The Labute approximate surface area is 101 Å². The van der Waals surface area contributed by atoms with Gasteiger partial charge in [-0.25, -0.2) is 13.1 Å². The van der Waals surface area contributed by atoms with Gasteiger partial charge in [0.05, 0.1) is 5.75 Å². The molecule has 0 aromatic heterocycles. The number of carbonyl (C=O) groups is 1. The lowest BCUT2D eigenvalue weighted by Gasteiger charge is -2.06. The van der Waals surface area contributed by atoms with Crippen molar-refractivity contribution >= 4 is 15.9 Å². The zero-order chi connectivity index (χ0) is 12.9. The lowest BCUT2D eigenvalue weighted by atomic mass is 10.1. The van der Waals surface area contributed by atoms with Crippen LogP contribution in [0, 0.1) is 0 Å². The predicted molar refractivity (Wildman–Crippen MR) is 65.9 cm³/mol. The molecule has 0 aliphatic rings. The van der Waals surface area contributed by atoms with Gasteiger partial charge < -0.3 is 5.73 Å². The number of carbonyl (C=O) groups excluding carboxylic acids is 1. The Morgan fingerprint density at radius 3 is 2.35 bits per heavy atom. The highest BCUT2D eigenvalue weighted by Crippen LogP contribution is 2.04. The van der Waals surface area contributed by atoms with E-state index in [1.165, 1.54) is 0 Å².